The van der Waals surface area contributed by atoms with Gasteiger partial charge in [0, 0.05) is 13.2 Å². The minimum atomic E-state index is -1.58. The van der Waals surface area contributed by atoms with E-state index in [1.807, 2.05) is 18.2 Å². The molecule has 0 fully saturated rings. The number of benzene rings is 1. The Hall–Kier alpha value is -0.643. The van der Waals surface area contributed by atoms with Crippen LogP contribution in [0.3, 0.4) is 0 Å². The lowest BCUT2D eigenvalue weighted by Crippen LogP contribution is -2.41. The highest BCUT2D eigenvalue weighted by atomic mass is 28.4. The van der Waals surface area contributed by atoms with E-state index in [0.717, 1.165) is 19.6 Å². The van der Waals surface area contributed by atoms with Crippen molar-refractivity contribution < 1.29 is 9.16 Å². The van der Waals surface area contributed by atoms with Crippen molar-refractivity contribution >= 4 is 8.32 Å². The van der Waals surface area contributed by atoms with E-state index in [4.69, 9.17) is 9.16 Å². The van der Waals surface area contributed by atoms with Gasteiger partial charge in [0.05, 0.1) is 6.61 Å². The summed E-state index contributed by atoms with van der Waals surface area (Å²) in [6.45, 7) is 13.7. The van der Waals surface area contributed by atoms with E-state index in [1.165, 1.54) is 5.56 Å². The molecule has 0 bridgehead atoms. The van der Waals surface area contributed by atoms with Crippen LogP contribution in [-0.2, 0) is 15.8 Å². The monoisotopic (exact) mass is 280 g/mol. The topological polar surface area (TPSA) is 18.5 Å². The largest absolute Gasteiger partial charge is 0.417 e. The summed E-state index contributed by atoms with van der Waals surface area (Å²) in [7, 11) is -1.58. The first-order valence-electron chi connectivity index (χ1n) is 7.08. The summed E-state index contributed by atoms with van der Waals surface area (Å²) >= 11 is 0. The molecule has 0 radical (unpaired) electrons. The zero-order valence-electron chi connectivity index (χ0n) is 13.0. The molecule has 2 nitrogen and oxygen atoms in total. The molecule has 1 rings (SSSR count). The molecular weight excluding hydrogens is 252 g/mol. The first kappa shape index (κ1) is 16.4. The van der Waals surface area contributed by atoms with Gasteiger partial charge in [-0.15, -0.1) is 0 Å². The summed E-state index contributed by atoms with van der Waals surface area (Å²) in [4.78, 5) is 0. The zero-order valence-corrected chi connectivity index (χ0v) is 14.0. The lowest BCUT2D eigenvalue weighted by molar-refractivity contribution is 0.105. The van der Waals surface area contributed by atoms with Crippen LogP contribution in [0.2, 0.25) is 18.1 Å². The lowest BCUT2D eigenvalue weighted by atomic mass is 10.2. The van der Waals surface area contributed by atoms with Gasteiger partial charge >= 0.3 is 0 Å². The van der Waals surface area contributed by atoms with Crippen molar-refractivity contribution in [3.05, 3.63) is 35.9 Å². The Morgan fingerprint density at radius 1 is 1.00 bits per heavy atom. The molecule has 19 heavy (non-hydrogen) atoms. The molecule has 0 heterocycles. The van der Waals surface area contributed by atoms with Crippen LogP contribution < -0.4 is 0 Å². The van der Waals surface area contributed by atoms with Crippen molar-refractivity contribution in [1.82, 2.24) is 0 Å². The summed E-state index contributed by atoms with van der Waals surface area (Å²) in [6.07, 6.45) is 0.972. The van der Waals surface area contributed by atoms with Crippen molar-refractivity contribution in [1.29, 1.82) is 0 Å². The average Bonchev–Trinajstić information content (AvgIpc) is 2.33. The predicted molar refractivity (Wildman–Crippen MR) is 83.9 cm³/mol. The Kier molecular flexibility index (Phi) is 6.24. The molecule has 0 aliphatic heterocycles. The number of hydrogen-bond donors (Lipinski definition) is 0. The van der Waals surface area contributed by atoms with Crippen molar-refractivity contribution in [3.8, 4) is 0 Å². The van der Waals surface area contributed by atoms with Crippen LogP contribution in [0.4, 0.5) is 0 Å². The van der Waals surface area contributed by atoms with Crippen molar-refractivity contribution in [3.63, 3.8) is 0 Å². The first-order valence-corrected chi connectivity index (χ1v) is 9.99. The molecular formula is C16H28O2Si. The fraction of sp³-hybridized carbons (Fsp3) is 0.625. The molecule has 0 aromatic heterocycles. The molecule has 3 heteroatoms. The van der Waals surface area contributed by atoms with Gasteiger partial charge in [-0.25, -0.2) is 0 Å². The maximum absolute atomic E-state index is 6.11. The summed E-state index contributed by atoms with van der Waals surface area (Å²) in [6, 6.07) is 10.3. The number of hydrogen-bond acceptors (Lipinski definition) is 2. The molecule has 0 N–H and O–H groups in total. The van der Waals surface area contributed by atoms with E-state index in [1.54, 1.807) is 0 Å². The van der Waals surface area contributed by atoms with Crippen LogP contribution in [0.5, 0.6) is 0 Å². The lowest BCUT2D eigenvalue weighted by Gasteiger charge is -2.36. The van der Waals surface area contributed by atoms with Crippen molar-refractivity contribution in [2.24, 2.45) is 0 Å². The van der Waals surface area contributed by atoms with E-state index in [2.05, 4.69) is 46.0 Å². The molecule has 1 aromatic rings. The smallest absolute Gasteiger partial charge is 0.191 e. The fourth-order valence-corrected chi connectivity index (χ4v) is 2.56. The third-order valence-corrected chi connectivity index (χ3v) is 8.35. The zero-order chi connectivity index (χ0) is 14.4. The number of rotatable bonds is 7. The molecule has 0 aliphatic rings. The summed E-state index contributed by atoms with van der Waals surface area (Å²) in [5.41, 5.74) is 1.23. The van der Waals surface area contributed by atoms with Gasteiger partial charge in [-0.05, 0) is 30.1 Å². The molecule has 0 unspecified atom stereocenters. The number of ether oxygens (including phenoxy) is 1. The van der Waals surface area contributed by atoms with E-state index < -0.39 is 8.32 Å². The van der Waals surface area contributed by atoms with Gasteiger partial charge in [0.25, 0.3) is 0 Å². The van der Waals surface area contributed by atoms with E-state index >= 15 is 0 Å². The van der Waals surface area contributed by atoms with E-state index in [-0.39, 0.29) is 5.04 Å². The first-order chi connectivity index (χ1) is 8.83. The molecule has 0 atom stereocenters. The summed E-state index contributed by atoms with van der Waals surface area (Å²) < 4.78 is 11.8. The minimum absolute atomic E-state index is 0.290. The van der Waals surface area contributed by atoms with Gasteiger partial charge < -0.3 is 9.16 Å². The van der Waals surface area contributed by atoms with Crippen LogP contribution >= 0.6 is 0 Å². The Labute approximate surface area is 119 Å². The molecule has 0 spiro atoms. The Balaban J connectivity index is 2.12. The van der Waals surface area contributed by atoms with Crippen molar-refractivity contribution in [2.75, 3.05) is 13.2 Å². The second kappa shape index (κ2) is 7.22. The third kappa shape index (κ3) is 5.89. The van der Waals surface area contributed by atoms with Gasteiger partial charge in [0.15, 0.2) is 8.32 Å². The Morgan fingerprint density at radius 3 is 2.21 bits per heavy atom. The molecule has 0 aliphatic carbocycles. The van der Waals surface area contributed by atoms with E-state index in [0.29, 0.717) is 6.61 Å². The SMILES string of the molecule is CC(C)(C)[Si](C)(C)OCCCOCc1ccccc1. The van der Waals surface area contributed by atoms with Gasteiger partial charge in [0.1, 0.15) is 0 Å². The predicted octanol–water partition coefficient (Wildman–Crippen LogP) is 4.62. The van der Waals surface area contributed by atoms with Crippen LogP contribution in [0.15, 0.2) is 30.3 Å². The van der Waals surface area contributed by atoms with Crippen LogP contribution in [0, 0.1) is 0 Å². The second-order valence-corrected chi connectivity index (χ2v) is 11.3. The van der Waals surface area contributed by atoms with Gasteiger partial charge in [-0.1, -0.05) is 51.1 Å². The standard InChI is InChI=1S/C16H28O2Si/c1-16(2,3)19(4,5)18-13-9-12-17-14-15-10-7-6-8-11-15/h6-8,10-11H,9,12-14H2,1-5H3. The fourth-order valence-electron chi connectivity index (χ4n) is 1.47. The highest BCUT2D eigenvalue weighted by Gasteiger charge is 2.36. The molecule has 0 amide bonds. The maximum Gasteiger partial charge on any atom is 0.191 e. The molecule has 0 saturated carbocycles. The second-order valence-electron chi connectivity index (χ2n) is 6.50. The molecule has 0 saturated heterocycles. The van der Waals surface area contributed by atoms with Gasteiger partial charge in [-0.2, -0.15) is 0 Å². The highest BCUT2D eigenvalue weighted by molar-refractivity contribution is 6.74. The molecule has 108 valence electrons. The Bertz CT molecular complexity index is 355. The normalized spacial score (nSPS) is 12.7. The molecule has 1 aromatic carbocycles. The van der Waals surface area contributed by atoms with Crippen LogP contribution in [0.1, 0.15) is 32.8 Å². The van der Waals surface area contributed by atoms with E-state index in [9.17, 15) is 0 Å². The van der Waals surface area contributed by atoms with Gasteiger partial charge in [0.2, 0.25) is 0 Å². The highest BCUT2D eigenvalue weighted by Crippen LogP contribution is 2.36. The van der Waals surface area contributed by atoms with Crippen LogP contribution in [0.25, 0.3) is 0 Å². The van der Waals surface area contributed by atoms with Crippen LogP contribution in [-0.4, -0.2) is 21.5 Å². The quantitative estimate of drug-likeness (QED) is 0.536. The minimum Gasteiger partial charge on any atom is -0.417 e. The van der Waals surface area contributed by atoms with Gasteiger partial charge in [-0.3, -0.25) is 0 Å². The van der Waals surface area contributed by atoms with Crippen molar-refractivity contribution in [2.45, 2.75) is 51.9 Å². The summed E-state index contributed by atoms with van der Waals surface area (Å²) in [5.74, 6) is 0. The summed E-state index contributed by atoms with van der Waals surface area (Å²) in [5, 5.41) is 0.290. The average molecular weight is 280 g/mol. The Morgan fingerprint density at radius 2 is 1.63 bits per heavy atom. The maximum atomic E-state index is 6.11. The third-order valence-electron chi connectivity index (χ3n) is 3.81.